The third kappa shape index (κ3) is 6.57. The van der Waals surface area contributed by atoms with Crippen LogP contribution in [0.4, 0.5) is 0 Å². The molecule has 0 heterocycles. The minimum absolute atomic E-state index is 0.0988. The Morgan fingerprint density at radius 1 is 1.50 bits per heavy atom. The largest absolute Gasteiger partial charge is 0.493 e. The molecular formula is C15H21ClN2O2. The summed E-state index contributed by atoms with van der Waals surface area (Å²) in [6.45, 7) is 6.42. The van der Waals surface area contributed by atoms with Gasteiger partial charge in [-0.2, -0.15) is 5.10 Å². The summed E-state index contributed by atoms with van der Waals surface area (Å²) in [5.74, 6) is 1.03. The number of hydrazone groups is 1. The molecule has 1 aromatic rings. The van der Waals surface area contributed by atoms with Crippen molar-refractivity contribution in [1.82, 2.24) is 5.43 Å². The van der Waals surface area contributed by atoms with Crippen molar-refractivity contribution in [2.45, 2.75) is 33.6 Å². The maximum Gasteiger partial charge on any atom is 0.240 e. The van der Waals surface area contributed by atoms with Gasteiger partial charge < -0.3 is 4.74 Å². The highest BCUT2D eigenvalue weighted by Crippen LogP contribution is 2.21. The molecule has 110 valence electrons. The number of hydrogen-bond donors (Lipinski definition) is 1. The maximum absolute atomic E-state index is 11.4. The van der Waals surface area contributed by atoms with Crippen LogP contribution in [-0.2, 0) is 4.79 Å². The van der Waals surface area contributed by atoms with Gasteiger partial charge in [-0.05, 0) is 43.0 Å². The van der Waals surface area contributed by atoms with Crippen LogP contribution in [-0.4, -0.2) is 18.7 Å². The Morgan fingerprint density at radius 3 is 2.90 bits per heavy atom. The van der Waals surface area contributed by atoms with Gasteiger partial charge >= 0.3 is 0 Å². The lowest BCUT2D eigenvalue weighted by atomic mass is 10.2. The van der Waals surface area contributed by atoms with Gasteiger partial charge in [-0.1, -0.05) is 25.4 Å². The number of halogens is 1. The van der Waals surface area contributed by atoms with Crippen LogP contribution >= 0.6 is 11.6 Å². The van der Waals surface area contributed by atoms with E-state index in [9.17, 15) is 4.79 Å². The minimum Gasteiger partial charge on any atom is -0.493 e. The molecule has 1 aromatic carbocycles. The third-order valence-electron chi connectivity index (χ3n) is 2.50. The molecule has 0 atom stereocenters. The standard InChI is InChI=1S/C15H21ClN2O2/c1-11(2)10-17-18-15(19)5-4-8-20-14-7-6-13(16)9-12(14)3/h6-7,9-11H,4-5,8H2,1-3H3,(H,18,19)/b17-10+. The second kappa shape index (κ2) is 8.59. The highest BCUT2D eigenvalue weighted by atomic mass is 35.5. The SMILES string of the molecule is Cc1cc(Cl)ccc1OCCCC(=O)N/N=C/C(C)C. The van der Waals surface area contributed by atoms with Gasteiger partial charge in [0.05, 0.1) is 6.61 Å². The average molecular weight is 297 g/mol. The van der Waals surface area contributed by atoms with Crippen molar-refractivity contribution in [3.05, 3.63) is 28.8 Å². The number of nitrogens with zero attached hydrogens (tertiary/aromatic N) is 1. The predicted octanol–water partition coefficient (Wildman–Crippen LogP) is 3.57. The molecule has 5 heteroatoms. The zero-order chi connectivity index (χ0) is 15.0. The zero-order valence-electron chi connectivity index (χ0n) is 12.1. The van der Waals surface area contributed by atoms with Crippen LogP contribution in [0, 0.1) is 12.8 Å². The fraction of sp³-hybridized carbons (Fsp3) is 0.467. The predicted molar refractivity (Wildman–Crippen MR) is 82.4 cm³/mol. The fourth-order valence-corrected chi connectivity index (χ4v) is 1.73. The van der Waals surface area contributed by atoms with Gasteiger partial charge in [0.1, 0.15) is 5.75 Å². The molecule has 4 nitrogen and oxygen atoms in total. The van der Waals surface area contributed by atoms with E-state index < -0.39 is 0 Å². The third-order valence-corrected chi connectivity index (χ3v) is 2.74. The number of carbonyl (C=O) groups is 1. The highest BCUT2D eigenvalue weighted by molar-refractivity contribution is 6.30. The first-order valence-electron chi connectivity index (χ1n) is 6.70. The molecule has 1 N–H and O–H groups in total. The molecule has 0 aliphatic rings. The smallest absolute Gasteiger partial charge is 0.240 e. The second-order valence-corrected chi connectivity index (χ2v) is 5.36. The van der Waals surface area contributed by atoms with E-state index in [1.54, 1.807) is 12.3 Å². The molecule has 0 unspecified atom stereocenters. The van der Waals surface area contributed by atoms with Crippen LogP contribution in [0.3, 0.4) is 0 Å². The lowest BCUT2D eigenvalue weighted by molar-refractivity contribution is -0.121. The topological polar surface area (TPSA) is 50.7 Å². The second-order valence-electron chi connectivity index (χ2n) is 4.92. The van der Waals surface area contributed by atoms with Crippen LogP contribution in [0.25, 0.3) is 0 Å². The van der Waals surface area contributed by atoms with Crippen molar-refractivity contribution >= 4 is 23.7 Å². The zero-order valence-corrected chi connectivity index (χ0v) is 12.9. The number of benzene rings is 1. The summed E-state index contributed by atoms with van der Waals surface area (Å²) in [6, 6.07) is 5.48. The minimum atomic E-state index is -0.0988. The van der Waals surface area contributed by atoms with E-state index in [0.29, 0.717) is 30.4 Å². The van der Waals surface area contributed by atoms with Gasteiger partial charge in [0, 0.05) is 17.7 Å². The van der Waals surface area contributed by atoms with Gasteiger partial charge in [-0.25, -0.2) is 5.43 Å². The Kier molecular flexibility index (Phi) is 7.09. The monoisotopic (exact) mass is 296 g/mol. The molecule has 1 rings (SSSR count). The lowest BCUT2D eigenvalue weighted by Crippen LogP contribution is -2.18. The number of nitrogens with one attached hydrogen (secondary N) is 1. The highest BCUT2D eigenvalue weighted by Gasteiger charge is 2.02. The molecule has 0 bridgehead atoms. The van der Waals surface area contributed by atoms with E-state index in [0.717, 1.165) is 11.3 Å². The Hall–Kier alpha value is -1.55. The fourth-order valence-electron chi connectivity index (χ4n) is 1.50. The molecule has 0 spiro atoms. The molecule has 1 amide bonds. The summed E-state index contributed by atoms with van der Waals surface area (Å²) in [5, 5.41) is 4.54. The maximum atomic E-state index is 11.4. The van der Waals surface area contributed by atoms with Gasteiger partial charge in [0.2, 0.25) is 5.91 Å². The number of rotatable bonds is 7. The number of ether oxygens (including phenoxy) is 1. The summed E-state index contributed by atoms with van der Waals surface area (Å²) < 4.78 is 5.61. The average Bonchev–Trinajstić information content (AvgIpc) is 2.36. The molecule has 0 saturated heterocycles. The summed E-state index contributed by atoms with van der Waals surface area (Å²) in [4.78, 5) is 11.4. The molecular weight excluding hydrogens is 276 g/mol. The van der Waals surface area contributed by atoms with E-state index in [1.165, 1.54) is 0 Å². The van der Waals surface area contributed by atoms with Gasteiger partial charge in [0.15, 0.2) is 0 Å². The Morgan fingerprint density at radius 2 is 2.25 bits per heavy atom. The van der Waals surface area contributed by atoms with Crippen LogP contribution in [0.1, 0.15) is 32.3 Å². The molecule has 20 heavy (non-hydrogen) atoms. The Balaban J connectivity index is 2.23. The van der Waals surface area contributed by atoms with E-state index in [2.05, 4.69) is 10.5 Å². The molecule has 0 aliphatic heterocycles. The van der Waals surface area contributed by atoms with Crippen LogP contribution < -0.4 is 10.2 Å². The van der Waals surface area contributed by atoms with Crippen molar-refractivity contribution in [3.8, 4) is 5.75 Å². The van der Waals surface area contributed by atoms with Crippen LogP contribution in [0.15, 0.2) is 23.3 Å². The first kappa shape index (κ1) is 16.5. The van der Waals surface area contributed by atoms with E-state index in [1.807, 2.05) is 32.9 Å². The summed E-state index contributed by atoms with van der Waals surface area (Å²) >= 11 is 5.87. The van der Waals surface area contributed by atoms with Crippen LogP contribution in [0.5, 0.6) is 5.75 Å². The van der Waals surface area contributed by atoms with Gasteiger partial charge in [-0.15, -0.1) is 0 Å². The van der Waals surface area contributed by atoms with E-state index in [4.69, 9.17) is 16.3 Å². The molecule has 0 fully saturated rings. The first-order valence-corrected chi connectivity index (χ1v) is 7.08. The molecule has 0 aromatic heterocycles. The van der Waals surface area contributed by atoms with E-state index >= 15 is 0 Å². The Bertz CT molecular complexity index is 473. The van der Waals surface area contributed by atoms with Crippen LogP contribution in [0.2, 0.25) is 5.02 Å². The number of aryl methyl sites for hydroxylation is 1. The van der Waals surface area contributed by atoms with Gasteiger partial charge in [0.25, 0.3) is 0 Å². The number of amides is 1. The van der Waals surface area contributed by atoms with Crippen molar-refractivity contribution < 1.29 is 9.53 Å². The molecule has 0 saturated carbocycles. The normalized spacial score (nSPS) is 11.1. The van der Waals surface area contributed by atoms with Crippen molar-refractivity contribution in [3.63, 3.8) is 0 Å². The quantitative estimate of drug-likeness (QED) is 0.475. The lowest BCUT2D eigenvalue weighted by Gasteiger charge is -2.08. The van der Waals surface area contributed by atoms with Crippen molar-refractivity contribution in [2.24, 2.45) is 11.0 Å². The summed E-state index contributed by atoms with van der Waals surface area (Å²) in [5.41, 5.74) is 3.48. The first-order chi connectivity index (χ1) is 9.49. The summed E-state index contributed by atoms with van der Waals surface area (Å²) in [6.07, 6.45) is 2.73. The van der Waals surface area contributed by atoms with Gasteiger partial charge in [-0.3, -0.25) is 4.79 Å². The molecule has 0 radical (unpaired) electrons. The molecule has 0 aliphatic carbocycles. The van der Waals surface area contributed by atoms with Crippen molar-refractivity contribution in [2.75, 3.05) is 6.61 Å². The number of carbonyl (C=O) groups excluding carboxylic acids is 1. The Labute approximate surface area is 125 Å². The summed E-state index contributed by atoms with van der Waals surface area (Å²) in [7, 11) is 0. The van der Waals surface area contributed by atoms with Crippen molar-refractivity contribution in [1.29, 1.82) is 0 Å². The van der Waals surface area contributed by atoms with E-state index in [-0.39, 0.29) is 5.91 Å². The number of hydrogen-bond acceptors (Lipinski definition) is 3.